The normalized spacial score (nSPS) is 14.2. The zero-order valence-electron chi connectivity index (χ0n) is 35.7. The summed E-state index contributed by atoms with van der Waals surface area (Å²) in [6.07, 6.45) is 0. The van der Waals surface area contributed by atoms with Crippen molar-refractivity contribution in [2.45, 2.75) is 24.7 Å². The second-order valence-corrected chi connectivity index (χ2v) is 18.0. The lowest BCUT2D eigenvalue weighted by atomic mass is 9.66. The second-order valence-electron chi connectivity index (χ2n) is 18.0. The molecule has 0 N–H and O–H groups in total. The summed E-state index contributed by atoms with van der Waals surface area (Å²) in [5, 5.41) is 2.60. The second kappa shape index (κ2) is 13.8. The number of para-hydroxylation sites is 1. The van der Waals surface area contributed by atoms with Crippen LogP contribution in [-0.2, 0) is 10.8 Å². The van der Waals surface area contributed by atoms with Gasteiger partial charge in [-0.15, -0.1) is 0 Å². The van der Waals surface area contributed by atoms with E-state index < -0.39 is 5.41 Å². The fourth-order valence-corrected chi connectivity index (χ4v) is 11.6. The number of ether oxygens (including phenoxy) is 1. The fraction of sp³-hybridized carbons (Fsp3) is 0.0645. The molecule has 10 aromatic rings. The van der Waals surface area contributed by atoms with Gasteiger partial charge in [-0.3, -0.25) is 0 Å². The van der Waals surface area contributed by atoms with Gasteiger partial charge in [0.15, 0.2) is 0 Å². The van der Waals surface area contributed by atoms with Crippen LogP contribution in [0.25, 0.3) is 55.3 Å². The predicted octanol–water partition coefficient (Wildman–Crippen LogP) is 16.4. The van der Waals surface area contributed by atoms with Crippen molar-refractivity contribution in [2.75, 3.05) is 4.90 Å². The van der Waals surface area contributed by atoms with Crippen molar-refractivity contribution in [3.05, 3.63) is 258 Å². The van der Waals surface area contributed by atoms with Crippen LogP contribution in [0.3, 0.4) is 0 Å². The van der Waals surface area contributed by atoms with Gasteiger partial charge in [0.05, 0.1) is 11.1 Å². The van der Waals surface area contributed by atoms with E-state index in [0.717, 1.165) is 39.7 Å². The third-order valence-corrected chi connectivity index (χ3v) is 14.3. The van der Waals surface area contributed by atoms with Crippen molar-refractivity contribution in [2.24, 2.45) is 0 Å². The van der Waals surface area contributed by atoms with Crippen LogP contribution in [-0.4, -0.2) is 0 Å². The minimum Gasteiger partial charge on any atom is -0.457 e. The summed E-state index contributed by atoms with van der Waals surface area (Å²) in [5.41, 5.74) is 19.8. The maximum Gasteiger partial charge on any atom is 0.132 e. The minimum absolute atomic E-state index is 0.350. The molecule has 10 aromatic carbocycles. The Morgan fingerprint density at radius 2 is 0.938 bits per heavy atom. The van der Waals surface area contributed by atoms with E-state index >= 15 is 0 Å². The van der Waals surface area contributed by atoms with Gasteiger partial charge in [0.2, 0.25) is 0 Å². The molecule has 2 heteroatoms. The van der Waals surface area contributed by atoms with Crippen LogP contribution in [0.1, 0.15) is 47.2 Å². The number of fused-ring (bicyclic) bond motifs is 11. The minimum atomic E-state index is -0.592. The topological polar surface area (TPSA) is 12.5 Å². The van der Waals surface area contributed by atoms with Crippen LogP contribution >= 0.6 is 0 Å². The molecule has 302 valence electrons. The highest BCUT2D eigenvalue weighted by Gasteiger charge is 2.51. The molecule has 0 unspecified atom stereocenters. The van der Waals surface area contributed by atoms with E-state index in [4.69, 9.17) is 4.74 Å². The molecule has 3 aliphatic rings. The van der Waals surface area contributed by atoms with Gasteiger partial charge in [0.1, 0.15) is 11.5 Å². The van der Waals surface area contributed by atoms with Crippen LogP contribution in [0.2, 0.25) is 0 Å². The van der Waals surface area contributed by atoms with Gasteiger partial charge in [0, 0.05) is 27.9 Å². The van der Waals surface area contributed by atoms with Gasteiger partial charge in [-0.25, -0.2) is 0 Å². The maximum atomic E-state index is 6.94. The average molecular weight is 818 g/mol. The predicted molar refractivity (Wildman–Crippen MR) is 264 cm³/mol. The number of hydrogen-bond acceptors (Lipinski definition) is 2. The molecular formula is C62H43NO. The highest BCUT2D eigenvalue weighted by molar-refractivity contribution is 6.10. The summed E-state index contributed by atoms with van der Waals surface area (Å²) in [5.74, 6) is 1.76. The summed E-state index contributed by atoms with van der Waals surface area (Å²) in [6, 6.07) is 82.6. The van der Waals surface area contributed by atoms with E-state index in [1.165, 1.54) is 77.5 Å². The first-order valence-electron chi connectivity index (χ1n) is 22.3. The summed E-state index contributed by atoms with van der Waals surface area (Å²) in [7, 11) is 0. The zero-order valence-corrected chi connectivity index (χ0v) is 35.7. The van der Waals surface area contributed by atoms with Crippen LogP contribution in [0.5, 0.6) is 11.5 Å². The fourth-order valence-electron chi connectivity index (χ4n) is 11.6. The van der Waals surface area contributed by atoms with Crippen LogP contribution in [0.15, 0.2) is 224 Å². The number of nitrogens with zero attached hydrogens (tertiary/aromatic N) is 1. The molecule has 0 saturated heterocycles. The van der Waals surface area contributed by atoms with Gasteiger partial charge >= 0.3 is 0 Å². The lowest BCUT2D eigenvalue weighted by Gasteiger charge is -2.42. The Morgan fingerprint density at radius 1 is 0.375 bits per heavy atom. The molecular weight excluding hydrogens is 775 g/mol. The van der Waals surface area contributed by atoms with Crippen LogP contribution < -0.4 is 9.64 Å². The van der Waals surface area contributed by atoms with Crippen LogP contribution in [0.4, 0.5) is 17.1 Å². The van der Waals surface area contributed by atoms with E-state index in [9.17, 15) is 0 Å². The summed E-state index contributed by atoms with van der Waals surface area (Å²) >= 11 is 0. The molecule has 0 saturated carbocycles. The van der Waals surface area contributed by atoms with E-state index in [0.29, 0.717) is 0 Å². The monoisotopic (exact) mass is 817 g/mol. The zero-order chi connectivity index (χ0) is 42.6. The number of benzene rings is 10. The third-order valence-electron chi connectivity index (χ3n) is 14.3. The molecule has 0 amide bonds. The van der Waals surface area contributed by atoms with Crippen molar-refractivity contribution < 1.29 is 4.74 Å². The Kier molecular flexibility index (Phi) is 7.90. The first-order valence-corrected chi connectivity index (χ1v) is 22.3. The van der Waals surface area contributed by atoms with Crippen molar-refractivity contribution in [1.82, 2.24) is 0 Å². The third kappa shape index (κ3) is 5.08. The van der Waals surface area contributed by atoms with E-state index in [1.807, 2.05) is 0 Å². The largest absolute Gasteiger partial charge is 0.457 e. The van der Waals surface area contributed by atoms with Crippen molar-refractivity contribution in [3.8, 4) is 56.0 Å². The number of anilines is 3. The van der Waals surface area contributed by atoms with Crippen molar-refractivity contribution >= 4 is 27.8 Å². The average Bonchev–Trinajstić information content (AvgIpc) is 3.64. The van der Waals surface area contributed by atoms with Gasteiger partial charge in [-0.1, -0.05) is 196 Å². The molecule has 1 aliphatic heterocycles. The van der Waals surface area contributed by atoms with Crippen LogP contribution in [0, 0.1) is 0 Å². The molecule has 1 spiro atoms. The highest BCUT2D eigenvalue weighted by atomic mass is 16.5. The Labute approximate surface area is 374 Å². The molecule has 0 fully saturated rings. The molecule has 0 radical (unpaired) electrons. The maximum absolute atomic E-state index is 6.94. The van der Waals surface area contributed by atoms with E-state index in [1.54, 1.807) is 0 Å². The van der Waals surface area contributed by atoms with E-state index in [2.05, 4.69) is 243 Å². The van der Waals surface area contributed by atoms with Crippen molar-refractivity contribution in [1.29, 1.82) is 0 Å². The van der Waals surface area contributed by atoms with Gasteiger partial charge in [-0.2, -0.15) is 0 Å². The van der Waals surface area contributed by atoms with Crippen molar-refractivity contribution in [3.63, 3.8) is 0 Å². The van der Waals surface area contributed by atoms with Gasteiger partial charge in [-0.05, 0) is 120 Å². The molecule has 2 nitrogen and oxygen atoms in total. The quantitative estimate of drug-likeness (QED) is 0.172. The highest BCUT2D eigenvalue weighted by Crippen LogP contribution is 2.63. The van der Waals surface area contributed by atoms with E-state index in [-0.39, 0.29) is 5.41 Å². The molecule has 13 rings (SSSR count). The number of hydrogen-bond donors (Lipinski definition) is 0. The number of rotatable bonds is 5. The summed E-state index contributed by atoms with van der Waals surface area (Å²) in [6.45, 7) is 4.83. The first-order chi connectivity index (χ1) is 31.5. The Bertz CT molecular complexity index is 3450. The molecule has 1 heterocycles. The molecule has 64 heavy (non-hydrogen) atoms. The lowest BCUT2D eigenvalue weighted by molar-refractivity contribution is 0.436. The Hall–Kier alpha value is -7.94. The molecule has 0 atom stereocenters. The molecule has 0 aromatic heterocycles. The Balaban J connectivity index is 1.10. The Morgan fingerprint density at radius 3 is 1.67 bits per heavy atom. The molecule has 0 bridgehead atoms. The van der Waals surface area contributed by atoms with Gasteiger partial charge < -0.3 is 9.64 Å². The SMILES string of the molecule is CC1(C)c2c(cccc2N(c2ccc(-c3ccccc3)cc2)c2ccc3c(c2)C2(c4ccccc4O3)c3ccccc3-c3ccccc32)-c2c(-c3ccccc3)ccc3cccc1c23. The first kappa shape index (κ1) is 36.7. The smallest absolute Gasteiger partial charge is 0.132 e. The van der Waals surface area contributed by atoms with Gasteiger partial charge in [0.25, 0.3) is 0 Å². The summed E-state index contributed by atoms with van der Waals surface area (Å²) < 4.78 is 6.94. The molecule has 2 aliphatic carbocycles. The standard InChI is InChI=1S/C62H43NO/c1-61(2)53-28-15-21-43-33-37-46(42-19-7-4-8-20-42)59(58(43)53)49-24-16-29-55(60(49)61)63(44-34-31-41(32-35-44)40-17-5-3-6-18-40)45-36-38-57-54(39-45)62(52-27-13-14-30-56(52)64-57)50-25-11-9-22-47(50)48-23-10-12-26-51(48)62/h3-39H,1-2H3. The summed E-state index contributed by atoms with van der Waals surface area (Å²) in [4.78, 5) is 2.51. The lowest BCUT2D eigenvalue weighted by Crippen LogP contribution is -2.32.